The van der Waals surface area contributed by atoms with E-state index in [1.807, 2.05) is 12.1 Å². The van der Waals surface area contributed by atoms with Crippen LogP contribution in [0.5, 0.6) is 0 Å². The second-order valence-electron chi connectivity index (χ2n) is 3.46. The summed E-state index contributed by atoms with van der Waals surface area (Å²) >= 11 is 0. The zero-order valence-electron chi connectivity index (χ0n) is 8.77. The van der Waals surface area contributed by atoms with E-state index < -0.39 is 0 Å². The molecule has 0 aliphatic heterocycles. The second-order valence-corrected chi connectivity index (χ2v) is 3.46. The SMILES string of the molecule is CC[C@H](CO)N[C@H](C)c1ccncc1. The molecular weight excluding hydrogens is 176 g/mol. The van der Waals surface area contributed by atoms with Crippen LogP contribution in [0.3, 0.4) is 0 Å². The van der Waals surface area contributed by atoms with Crippen molar-refractivity contribution in [2.24, 2.45) is 0 Å². The first kappa shape index (κ1) is 11.1. The third-order valence-corrected chi connectivity index (χ3v) is 2.40. The van der Waals surface area contributed by atoms with Gasteiger partial charge < -0.3 is 10.4 Å². The number of nitrogens with one attached hydrogen (secondary N) is 1. The highest BCUT2D eigenvalue weighted by molar-refractivity contribution is 5.14. The van der Waals surface area contributed by atoms with Gasteiger partial charge in [0.2, 0.25) is 0 Å². The molecule has 0 aliphatic rings. The summed E-state index contributed by atoms with van der Waals surface area (Å²) in [5.74, 6) is 0. The maximum atomic E-state index is 9.05. The van der Waals surface area contributed by atoms with Gasteiger partial charge in [-0.25, -0.2) is 0 Å². The van der Waals surface area contributed by atoms with Crippen molar-refractivity contribution in [2.45, 2.75) is 32.4 Å². The highest BCUT2D eigenvalue weighted by Crippen LogP contribution is 2.11. The Balaban J connectivity index is 2.54. The highest BCUT2D eigenvalue weighted by Gasteiger charge is 2.09. The van der Waals surface area contributed by atoms with Crippen molar-refractivity contribution < 1.29 is 5.11 Å². The summed E-state index contributed by atoms with van der Waals surface area (Å²) < 4.78 is 0. The van der Waals surface area contributed by atoms with E-state index in [4.69, 9.17) is 5.11 Å². The first-order valence-corrected chi connectivity index (χ1v) is 5.04. The molecule has 1 rings (SSSR count). The number of aliphatic hydroxyl groups excluding tert-OH is 1. The van der Waals surface area contributed by atoms with E-state index in [1.54, 1.807) is 12.4 Å². The van der Waals surface area contributed by atoms with Gasteiger partial charge in [-0.3, -0.25) is 4.98 Å². The number of hydrogen-bond acceptors (Lipinski definition) is 3. The van der Waals surface area contributed by atoms with E-state index in [1.165, 1.54) is 5.56 Å². The van der Waals surface area contributed by atoms with Gasteiger partial charge in [0, 0.05) is 24.5 Å². The number of rotatable bonds is 5. The minimum absolute atomic E-state index is 0.179. The van der Waals surface area contributed by atoms with Gasteiger partial charge in [0.15, 0.2) is 0 Å². The quantitative estimate of drug-likeness (QED) is 0.746. The molecule has 14 heavy (non-hydrogen) atoms. The molecule has 0 radical (unpaired) electrons. The molecule has 0 unspecified atom stereocenters. The lowest BCUT2D eigenvalue weighted by Crippen LogP contribution is -2.33. The third-order valence-electron chi connectivity index (χ3n) is 2.40. The minimum atomic E-state index is 0.179. The summed E-state index contributed by atoms with van der Waals surface area (Å²) in [6, 6.07) is 4.41. The van der Waals surface area contributed by atoms with Crippen LogP contribution in [0, 0.1) is 0 Å². The molecule has 3 nitrogen and oxygen atoms in total. The molecule has 0 aliphatic carbocycles. The van der Waals surface area contributed by atoms with Crippen LogP contribution in [0.2, 0.25) is 0 Å². The molecule has 0 spiro atoms. The summed E-state index contributed by atoms with van der Waals surface area (Å²) in [6.07, 6.45) is 4.51. The van der Waals surface area contributed by atoms with Crippen LogP contribution in [0.15, 0.2) is 24.5 Å². The minimum Gasteiger partial charge on any atom is -0.395 e. The molecule has 2 atom stereocenters. The van der Waals surface area contributed by atoms with Gasteiger partial charge in [-0.05, 0) is 31.0 Å². The van der Waals surface area contributed by atoms with Crippen molar-refractivity contribution >= 4 is 0 Å². The molecule has 0 bridgehead atoms. The lowest BCUT2D eigenvalue weighted by atomic mass is 10.1. The molecule has 0 fully saturated rings. The van der Waals surface area contributed by atoms with E-state index in [9.17, 15) is 0 Å². The number of hydrogen-bond donors (Lipinski definition) is 2. The van der Waals surface area contributed by atoms with Crippen LogP contribution >= 0.6 is 0 Å². The van der Waals surface area contributed by atoms with Crippen molar-refractivity contribution in [2.75, 3.05) is 6.61 Å². The van der Waals surface area contributed by atoms with Gasteiger partial charge in [0.05, 0.1) is 6.61 Å². The Morgan fingerprint density at radius 1 is 1.43 bits per heavy atom. The van der Waals surface area contributed by atoms with Crippen molar-refractivity contribution in [3.8, 4) is 0 Å². The van der Waals surface area contributed by atoms with Crippen LogP contribution < -0.4 is 5.32 Å². The Labute approximate surface area is 85.2 Å². The lowest BCUT2D eigenvalue weighted by molar-refractivity contribution is 0.230. The third kappa shape index (κ3) is 3.09. The Morgan fingerprint density at radius 2 is 2.07 bits per heavy atom. The number of aromatic nitrogens is 1. The molecule has 3 heteroatoms. The predicted molar refractivity (Wildman–Crippen MR) is 57.0 cm³/mol. The molecule has 1 heterocycles. The molecule has 2 N–H and O–H groups in total. The van der Waals surface area contributed by atoms with Crippen molar-refractivity contribution in [1.29, 1.82) is 0 Å². The number of nitrogens with zero attached hydrogens (tertiary/aromatic N) is 1. The highest BCUT2D eigenvalue weighted by atomic mass is 16.3. The average Bonchev–Trinajstić information content (AvgIpc) is 2.26. The Hall–Kier alpha value is -0.930. The van der Waals surface area contributed by atoms with Crippen LogP contribution in [0.1, 0.15) is 31.9 Å². The largest absolute Gasteiger partial charge is 0.395 e. The van der Waals surface area contributed by atoms with Gasteiger partial charge in [0.25, 0.3) is 0 Å². The van der Waals surface area contributed by atoms with Crippen LogP contribution in [-0.4, -0.2) is 22.7 Å². The van der Waals surface area contributed by atoms with Crippen LogP contribution in [0.4, 0.5) is 0 Å². The Morgan fingerprint density at radius 3 is 2.57 bits per heavy atom. The molecular formula is C11H18N2O. The van der Waals surface area contributed by atoms with E-state index in [0.29, 0.717) is 0 Å². The van der Waals surface area contributed by atoms with E-state index in [0.717, 1.165) is 6.42 Å². The van der Waals surface area contributed by atoms with Gasteiger partial charge in [-0.1, -0.05) is 6.92 Å². The summed E-state index contributed by atoms with van der Waals surface area (Å²) in [7, 11) is 0. The maximum absolute atomic E-state index is 9.05. The topological polar surface area (TPSA) is 45.1 Å². The smallest absolute Gasteiger partial charge is 0.0584 e. The summed E-state index contributed by atoms with van der Waals surface area (Å²) in [5.41, 5.74) is 1.20. The summed E-state index contributed by atoms with van der Waals surface area (Å²) in [4.78, 5) is 3.97. The second kappa shape index (κ2) is 5.73. The fourth-order valence-electron chi connectivity index (χ4n) is 1.40. The normalized spacial score (nSPS) is 15.1. The summed E-state index contributed by atoms with van der Waals surface area (Å²) in [5, 5.41) is 12.4. The first-order chi connectivity index (χ1) is 6.77. The number of aliphatic hydroxyl groups is 1. The summed E-state index contributed by atoms with van der Waals surface area (Å²) in [6.45, 7) is 4.34. The monoisotopic (exact) mass is 194 g/mol. The molecule has 0 saturated carbocycles. The van der Waals surface area contributed by atoms with E-state index >= 15 is 0 Å². The lowest BCUT2D eigenvalue weighted by Gasteiger charge is -2.20. The molecule has 0 aromatic carbocycles. The van der Waals surface area contributed by atoms with Gasteiger partial charge in [-0.15, -0.1) is 0 Å². The maximum Gasteiger partial charge on any atom is 0.0584 e. The molecule has 1 aromatic rings. The predicted octanol–water partition coefficient (Wildman–Crippen LogP) is 1.50. The Kier molecular flexibility index (Phi) is 4.56. The number of pyridine rings is 1. The fourth-order valence-corrected chi connectivity index (χ4v) is 1.40. The van der Waals surface area contributed by atoms with Gasteiger partial charge >= 0.3 is 0 Å². The zero-order chi connectivity index (χ0) is 10.4. The first-order valence-electron chi connectivity index (χ1n) is 5.04. The molecule has 0 amide bonds. The fraction of sp³-hybridized carbons (Fsp3) is 0.545. The molecule has 1 aromatic heterocycles. The van der Waals surface area contributed by atoms with E-state index in [-0.39, 0.29) is 18.7 Å². The zero-order valence-corrected chi connectivity index (χ0v) is 8.77. The van der Waals surface area contributed by atoms with Crippen LogP contribution in [-0.2, 0) is 0 Å². The molecule has 0 saturated heterocycles. The van der Waals surface area contributed by atoms with E-state index in [2.05, 4.69) is 24.1 Å². The molecule has 78 valence electrons. The van der Waals surface area contributed by atoms with Crippen LogP contribution in [0.25, 0.3) is 0 Å². The van der Waals surface area contributed by atoms with Crippen molar-refractivity contribution in [1.82, 2.24) is 10.3 Å². The standard InChI is InChI=1S/C11H18N2O/c1-3-11(8-14)13-9(2)10-4-6-12-7-5-10/h4-7,9,11,13-14H,3,8H2,1-2H3/t9-,11-/m1/s1. The average molecular weight is 194 g/mol. The van der Waals surface area contributed by atoms with Gasteiger partial charge in [-0.2, -0.15) is 0 Å². The van der Waals surface area contributed by atoms with Crippen molar-refractivity contribution in [3.05, 3.63) is 30.1 Å². The van der Waals surface area contributed by atoms with Crippen molar-refractivity contribution in [3.63, 3.8) is 0 Å². The van der Waals surface area contributed by atoms with Gasteiger partial charge in [0.1, 0.15) is 0 Å². The Bertz CT molecular complexity index is 247.